The summed E-state index contributed by atoms with van der Waals surface area (Å²) in [6.45, 7) is 9.41. The average Bonchev–Trinajstić information content (AvgIpc) is 2.69. The van der Waals surface area contributed by atoms with Crippen LogP contribution in [0.1, 0.15) is 62.0 Å². The summed E-state index contributed by atoms with van der Waals surface area (Å²) >= 11 is 6.33. The number of esters is 1. The molecule has 0 unspecified atom stereocenters. The summed E-state index contributed by atoms with van der Waals surface area (Å²) in [5, 5.41) is 2.90. The standard InChI is InChI=1S/C26H27ClO2/c1-25(2)10-11-26(3,4)22-14-19-12-16(6-7-17(19)13-21(22)25)18-8-9-20(23(27)15-18)24(28)29-5/h6-9,12-15H,10-11H2,1-5H3. The Hall–Kier alpha value is -2.32. The van der Waals surface area contributed by atoms with Crippen molar-refractivity contribution in [3.05, 3.63) is 70.2 Å². The summed E-state index contributed by atoms with van der Waals surface area (Å²) in [4.78, 5) is 11.8. The normalized spacial score (nSPS) is 17.0. The first kappa shape index (κ1) is 20.0. The molecule has 0 aliphatic heterocycles. The van der Waals surface area contributed by atoms with Gasteiger partial charge in [0.25, 0.3) is 0 Å². The zero-order chi connectivity index (χ0) is 21.0. The predicted molar refractivity (Wildman–Crippen MR) is 121 cm³/mol. The molecule has 4 rings (SSSR count). The summed E-state index contributed by atoms with van der Waals surface area (Å²) in [6, 6.07) is 16.8. The van der Waals surface area contributed by atoms with Crippen molar-refractivity contribution in [2.75, 3.05) is 7.11 Å². The third-order valence-corrected chi connectivity index (χ3v) is 6.83. The largest absolute Gasteiger partial charge is 0.465 e. The van der Waals surface area contributed by atoms with E-state index in [9.17, 15) is 4.79 Å². The van der Waals surface area contributed by atoms with Crippen LogP contribution < -0.4 is 0 Å². The molecular formula is C26H27ClO2. The first-order valence-corrected chi connectivity index (χ1v) is 10.5. The van der Waals surface area contributed by atoms with Crippen LogP contribution in [-0.4, -0.2) is 13.1 Å². The van der Waals surface area contributed by atoms with Gasteiger partial charge < -0.3 is 4.74 Å². The minimum atomic E-state index is -0.420. The second-order valence-electron chi connectivity index (χ2n) is 9.41. The van der Waals surface area contributed by atoms with Crippen molar-refractivity contribution in [2.24, 2.45) is 0 Å². The molecule has 3 aromatic carbocycles. The fourth-order valence-corrected chi connectivity index (χ4v) is 4.72. The third kappa shape index (κ3) is 3.44. The van der Waals surface area contributed by atoms with Gasteiger partial charge in [-0.3, -0.25) is 0 Å². The third-order valence-electron chi connectivity index (χ3n) is 6.52. The van der Waals surface area contributed by atoms with Crippen molar-refractivity contribution in [1.29, 1.82) is 0 Å². The average molecular weight is 407 g/mol. The van der Waals surface area contributed by atoms with Gasteiger partial charge in [-0.2, -0.15) is 0 Å². The number of ether oxygens (including phenoxy) is 1. The van der Waals surface area contributed by atoms with Gasteiger partial charge in [-0.15, -0.1) is 0 Å². The van der Waals surface area contributed by atoms with Crippen molar-refractivity contribution in [3.63, 3.8) is 0 Å². The van der Waals surface area contributed by atoms with Crippen LogP contribution >= 0.6 is 11.6 Å². The maximum Gasteiger partial charge on any atom is 0.339 e. The molecule has 1 aliphatic rings. The van der Waals surface area contributed by atoms with E-state index in [1.54, 1.807) is 6.07 Å². The van der Waals surface area contributed by atoms with Crippen LogP contribution in [-0.2, 0) is 15.6 Å². The molecule has 0 aromatic heterocycles. The highest BCUT2D eigenvalue weighted by Gasteiger charge is 2.37. The van der Waals surface area contributed by atoms with E-state index in [1.165, 1.54) is 41.9 Å². The predicted octanol–water partition coefficient (Wildman–Crippen LogP) is 7.30. The monoisotopic (exact) mass is 406 g/mol. The van der Waals surface area contributed by atoms with Gasteiger partial charge in [0, 0.05) is 0 Å². The number of rotatable bonds is 2. The number of carbonyl (C=O) groups is 1. The highest BCUT2D eigenvalue weighted by molar-refractivity contribution is 6.33. The zero-order valence-electron chi connectivity index (χ0n) is 17.7. The molecule has 2 nitrogen and oxygen atoms in total. The molecule has 0 atom stereocenters. The van der Waals surface area contributed by atoms with Crippen LogP contribution in [0.2, 0.25) is 5.02 Å². The van der Waals surface area contributed by atoms with E-state index < -0.39 is 5.97 Å². The van der Waals surface area contributed by atoms with E-state index in [-0.39, 0.29) is 10.8 Å². The highest BCUT2D eigenvalue weighted by Crippen LogP contribution is 2.47. The lowest BCUT2D eigenvalue weighted by Crippen LogP contribution is -2.33. The van der Waals surface area contributed by atoms with Gasteiger partial charge in [0.05, 0.1) is 17.7 Å². The fraction of sp³-hybridized carbons (Fsp3) is 0.346. The molecule has 1 aliphatic carbocycles. The lowest BCUT2D eigenvalue weighted by Gasteiger charge is -2.42. The van der Waals surface area contributed by atoms with Gasteiger partial charge in [0.2, 0.25) is 0 Å². The minimum Gasteiger partial charge on any atom is -0.465 e. The van der Waals surface area contributed by atoms with Crippen molar-refractivity contribution in [2.45, 2.75) is 51.4 Å². The summed E-state index contributed by atoms with van der Waals surface area (Å²) in [7, 11) is 1.36. The van der Waals surface area contributed by atoms with Crippen molar-refractivity contribution in [1.82, 2.24) is 0 Å². The molecule has 3 aromatic rings. The van der Waals surface area contributed by atoms with E-state index in [4.69, 9.17) is 16.3 Å². The number of benzene rings is 3. The molecule has 0 N–H and O–H groups in total. The van der Waals surface area contributed by atoms with Crippen LogP contribution in [0.4, 0.5) is 0 Å². The number of methoxy groups -OCH3 is 1. The second kappa shape index (κ2) is 6.88. The summed E-state index contributed by atoms with van der Waals surface area (Å²) in [5.74, 6) is -0.420. The van der Waals surface area contributed by atoms with Gasteiger partial charge in [-0.25, -0.2) is 4.79 Å². The number of halogens is 1. The van der Waals surface area contributed by atoms with E-state index in [0.29, 0.717) is 10.6 Å². The Bertz CT molecular complexity index is 1130. The lowest BCUT2D eigenvalue weighted by molar-refractivity contribution is 0.0601. The van der Waals surface area contributed by atoms with Crippen LogP contribution in [0.25, 0.3) is 21.9 Å². The van der Waals surface area contributed by atoms with Gasteiger partial charge in [0.15, 0.2) is 0 Å². The van der Waals surface area contributed by atoms with E-state index in [0.717, 1.165) is 11.1 Å². The van der Waals surface area contributed by atoms with Crippen LogP contribution in [0.3, 0.4) is 0 Å². The quantitative estimate of drug-likeness (QED) is 0.417. The smallest absolute Gasteiger partial charge is 0.339 e. The maximum atomic E-state index is 11.8. The lowest BCUT2D eigenvalue weighted by atomic mass is 9.63. The summed E-state index contributed by atoms with van der Waals surface area (Å²) in [5.41, 5.74) is 5.77. The SMILES string of the molecule is COC(=O)c1ccc(-c2ccc3cc4c(cc3c2)C(C)(C)CCC4(C)C)cc1Cl. The van der Waals surface area contributed by atoms with E-state index in [1.807, 2.05) is 12.1 Å². The fourth-order valence-electron chi connectivity index (χ4n) is 4.46. The highest BCUT2D eigenvalue weighted by atomic mass is 35.5. The topological polar surface area (TPSA) is 26.3 Å². The molecule has 0 spiro atoms. The number of carbonyl (C=O) groups excluding carboxylic acids is 1. The Labute approximate surface area is 177 Å². The molecule has 0 bridgehead atoms. The molecular weight excluding hydrogens is 380 g/mol. The Morgan fingerprint density at radius 1 is 0.828 bits per heavy atom. The molecule has 150 valence electrons. The van der Waals surface area contributed by atoms with Crippen LogP contribution in [0, 0.1) is 0 Å². The summed E-state index contributed by atoms with van der Waals surface area (Å²) < 4.78 is 4.79. The first-order chi connectivity index (χ1) is 13.6. The van der Waals surface area contributed by atoms with Gasteiger partial charge in [-0.1, -0.05) is 69.6 Å². The Morgan fingerprint density at radius 3 is 1.97 bits per heavy atom. The zero-order valence-corrected chi connectivity index (χ0v) is 18.5. The molecule has 0 amide bonds. The number of hydrogen-bond acceptors (Lipinski definition) is 2. The molecule has 0 radical (unpaired) electrons. The molecule has 3 heteroatoms. The minimum absolute atomic E-state index is 0.181. The Morgan fingerprint density at radius 2 is 1.38 bits per heavy atom. The van der Waals surface area contributed by atoms with Crippen LogP contribution in [0.5, 0.6) is 0 Å². The molecule has 0 saturated heterocycles. The maximum absolute atomic E-state index is 11.8. The van der Waals surface area contributed by atoms with Gasteiger partial charge in [0.1, 0.15) is 0 Å². The Balaban J connectivity index is 1.83. The first-order valence-electron chi connectivity index (χ1n) is 10.1. The molecule has 29 heavy (non-hydrogen) atoms. The van der Waals surface area contributed by atoms with Crippen molar-refractivity contribution < 1.29 is 9.53 Å². The molecule has 0 saturated carbocycles. The Kier molecular flexibility index (Phi) is 4.74. The van der Waals surface area contributed by atoms with Crippen LogP contribution in [0.15, 0.2) is 48.5 Å². The van der Waals surface area contributed by atoms with Gasteiger partial charge in [-0.05, 0) is 74.9 Å². The van der Waals surface area contributed by atoms with Crippen molar-refractivity contribution in [3.8, 4) is 11.1 Å². The van der Waals surface area contributed by atoms with E-state index in [2.05, 4.69) is 58.0 Å². The number of hydrogen-bond donors (Lipinski definition) is 0. The summed E-state index contributed by atoms with van der Waals surface area (Å²) in [6.07, 6.45) is 2.41. The van der Waals surface area contributed by atoms with E-state index >= 15 is 0 Å². The van der Waals surface area contributed by atoms with Crippen molar-refractivity contribution >= 4 is 28.3 Å². The van der Waals surface area contributed by atoms with Gasteiger partial charge >= 0.3 is 5.97 Å². The molecule has 0 fully saturated rings. The number of fused-ring (bicyclic) bond motifs is 2. The second-order valence-corrected chi connectivity index (χ2v) is 9.82. The molecule has 0 heterocycles.